The minimum atomic E-state index is -0.354. The summed E-state index contributed by atoms with van der Waals surface area (Å²) in [5.74, 6) is 1.09. The molecule has 0 aliphatic carbocycles. The van der Waals surface area contributed by atoms with Gasteiger partial charge >= 0.3 is 0 Å². The molecule has 0 unspecified atom stereocenters. The molecule has 1 fully saturated rings. The minimum Gasteiger partial charge on any atom is -0.493 e. The van der Waals surface area contributed by atoms with Crippen LogP contribution in [0, 0.1) is 5.92 Å². The van der Waals surface area contributed by atoms with Crippen LogP contribution in [0.25, 0.3) is 0 Å². The Morgan fingerprint density at radius 3 is 2.35 bits per heavy atom. The molecule has 1 aromatic rings. The van der Waals surface area contributed by atoms with E-state index in [0.717, 1.165) is 43.9 Å². The molecule has 0 aromatic heterocycles. The van der Waals surface area contributed by atoms with Gasteiger partial charge in [-0.25, -0.2) is 0 Å². The first kappa shape index (κ1) is 17.8. The van der Waals surface area contributed by atoms with E-state index in [4.69, 9.17) is 10.5 Å². The molecule has 128 valence electrons. The van der Waals surface area contributed by atoms with Crippen LogP contribution in [-0.2, 0) is 4.79 Å². The van der Waals surface area contributed by atoms with Crippen LogP contribution in [0.3, 0.4) is 0 Å². The van der Waals surface area contributed by atoms with Gasteiger partial charge in [-0.2, -0.15) is 0 Å². The number of primary amides is 1. The number of amides is 1. The molecule has 1 saturated heterocycles. The van der Waals surface area contributed by atoms with Gasteiger partial charge in [0.1, 0.15) is 11.8 Å². The average molecular weight is 319 g/mol. The van der Waals surface area contributed by atoms with Crippen molar-refractivity contribution in [2.75, 3.05) is 39.8 Å². The van der Waals surface area contributed by atoms with E-state index < -0.39 is 0 Å². The van der Waals surface area contributed by atoms with Crippen molar-refractivity contribution in [1.82, 2.24) is 9.80 Å². The molecule has 2 atom stereocenters. The maximum atomic E-state index is 12.0. The fourth-order valence-corrected chi connectivity index (χ4v) is 2.74. The first-order valence-electron chi connectivity index (χ1n) is 8.46. The summed E-state index contributed by atoms with van der Waals surface area (Å²) >= 11 is 0. The number of nitrogens with two attached hydrogens (primary N) is 1. The molecule has 2 N–H and O–H groups in total. The smallest absolute Gasteiger partial charge is 0.239 e. The lowest BCUT2D eigenvalue weighted by atomic mass is 10.0. The summed E-state index contributed by atoms with van der Waals surface area (Å²) < 4.78 is 5.78. The number of likely N-dealkylation sites (N-methyl/N-ethyl adjacent to an activating group) is 1. The van der Waals surface area contributed by atoms with Gasteiger partial charge in [0.2, 0.25) is 5.91 Å². The van der Waals surface area contributed by atoms with E-state index in [1.165, 1.54) is 0 Å². The highest BCUT2D eigenvalue weighted by Crippen LogP contribution is 2.24. The number of piperazine rings is 1. The highest BCUT2D eigenvalue weighted by molar-refractivity contribution is 5.81. The summed E-state index contributed by atoms with van der Waals surface area (Å²) in [6.07, 6.45) is 1.10. The van der Waals surface area contributed by atoms with Gasteiger partial charge in [0, 0.05) is 26.2 Å². The quantitative estimate of drug-likeness (QED) is 0.834. The van der Waals surface area contributed by atoms with Crippen LogP contribution in [0.15, 0.2) is 24.3 Å². The number of hydrogen-bond acceptors (Lipinski definition) is 4. The van der Waals surface area contributed by atoms with Crippen molar-refractivity contribution < 1.29 is 9.53 Å². The Labute approximate surface area is 139 Å². The zero-order valence-corrected chi connectivity index (χ0v) is 14.5. The zero-order chi connectivity index (χ0) is 16.8. The molecule has 2 rings (SSSR count). The molecule has 5 heteroatoms. The average Bonchev–Trinajstić information content (AvgIpc) is 2.55. The van der Waals surface area contributed by atoms with Gasteiger partial charge in [0.15, 0.2) is 0 Å². The monoisotopic (exact) mass is 319 g/mol. The largest absolute Gasteiger partial charge is 0.493 e. The van der Waals surface area contributed by atoms with Crippen molar-refractivity contribution in [1.29, 1.82) is 0 Å². The van der Waals surface area contributed by atoms with Crippen molar-refractivity contribution in [2.45, 2.75) is 26.3 Å². The van der Waals surface area contributed by atoms with Crippen molar-refractivity contribution >= 4 is 5.91 Å². The van der Waals surface area contributed by atoms with Crippen molar-refractivity contribution in [3.63, 3.8) is 0 Å². The van der Waals surface area contributed by atoms with Crippen LogP contribution < -0.4 is 10.5 Å². The molecule has 0 saturated carbocycles. The number of nitrogens with zero attached hydrogens (tertiary/aromatic N) is 2. The van der Waals surface area contributed by atoms with E-state index in [0.29, 0.717) is 12.5 Å². The maximum absolute atomic E-state index is 12.0. The normalized spacial score (nSPS) is 19.3. The Morgan fingerprint density at radius 2 is 1.83 bits per heavy atom. The van der Waals surface area contributed by atoms with Gasteiger partial charge in [-0.3, -0.25) is 9.69 Å². The van der Waals surface area contributed by atoms with E-state index >= 15 is 0 Å². The number of ether oxygens (including phenoxy) is 1. The molecular formula is C18H29N3O2. The Bertz CT molecular complexity index is 495. The van der Waals surface area contributed by atoms with Crippen molar-refractivity contribution in [2.24, 2.45) is 11.7 Å². The molecule has 0 spiro atoms. The van der Waals surface area contributed by atoms with Gasteiger partial charge in [-0.05, 0) is 30.7 Å². The van der Waals surface area contributed by atoms with E-state index in [9.17, 15) is 4.79 Å². The van der Waals surface area contributed by atoms with Gasteiger partial charge in [0.25, 0.3) is 0 Å². The summed E-state index contributed by atoms with van der Waals surface area (Å²) in [7, 11) is 2.10. The lowest BCUT2D eigenvalue weighted by Crippen LogP contribution is -2.49. The van der Waals surface area contributed by atoms with Crippen LogP contribution >= 0.6 is 0 Å². The fraction of sp³-hybridized carbons (Fsp3) is 0.611. The number of carbonyl (C=O) groups excluding carboxylic acids is 1. The molecule has 0 bridgehead atoms. The van der Waals surface area contributed by atoms with Crippen LogP contribution in [0.1, 0.15) is 31.9 Å². The highest BCUT2D eigenvalue weighted by Gasteiger charge is 2.28. The Hall–Kier alpha value is -1.59. The van der Waals surface area contributed by atoms with E-state index in [1.807, 2.05) is 24.3 Å². The van der Waals surface area contributed by atoms with Crippen molar-refractivity contribution in [3.05, 3.63) is 29.8 Å². The Morgan fingerprint density at radius 1 is 1.22 bits per heavy atom. The van der Waals surface area contributed by atoms with E-state index in [1.54, 1.807) is 0 Å². The van der Waals surface area contributed by atoms with E-state index in [-0.39, 0.29) is 11.9 Å². The minimum absolute atomic E-state index is 0.289. The standard InChI is InChI=1S/C18H29N3O2/c1-4-14(2)13-23-16-7-5-15(6-8-16)17(18(19)22)21-11-9-20(3)10-12-21/h5-8,14,17H,4,9-13H2,1-3H3,(H2,19,22)/t14-,17+/m0/s1. The predicted molar refractivity (Wildman–Crippen MR) is 92.4 cm³/mol. The molecule has 0 radical (unpaired) electrons. The lowest BCUT2D eigenvalue weighted by molar-refractivity contribution is -0.124. The second-order valence-electron chi connectivity index (χ2n) is 6.54. The van der Waals surface area contributed by atoms with Crippen LogP contribution in [0.5, 0.6) is 5.75 Å². The first-order chi connectivity index (χ1) is 11.0. The molecule has 23 heavy (non-hydrogen) atoms. The number of rotatable bonds is 7. The SMILES string of the molecule is CC[C@H](C)COc1ccc([C@H](C(N)=O)N2CCN(C)CC2)cc1. The van der Waals surface area contributed by atoms with Crippen molar-refractivity contribution in [3.8, 4) is 5.75 Å². The molecule has 1 aromatic carbocycles. The first-order valence-corrected chi connectivity index (χ1v) is 8.46. The molecule has 1 aliphatic rings. The fourth-order valence-electron chi connectivity index (χ4n) is 2.74. The number of hydrogen-bond donors (Lipinski definition) is 1. The lowest BCUT2D eigenvalue weighted by Gasteiger charge is -2.36. The zero-order valence-electron chi connectivity index (χ0n) is 14.5. The molecule has 1 heterocycles. The van der Waals surface area contributed by atoms with Crippen LogP contribution in [0.4, 0.5) is 0 Å². The third kappa shape index (κ3) is 4.94. The summed E-state index contributed by atoms with van der Waals surface area (Å²) in [5, 5.41) is 0. The van der Waals surface area contributed by atoms with Gasteiger partial charge in [0.05, 0.1) is 6.61 Å². The topological polar surface area (TPSA) is 58.8 Å². The third-order valence-corrected chi connectivity index (χ3v) is 4.60. The third-order valence-electron chi connectivity index (χ3n) is 4.60. The molecule has 1 amide bonds. The highest BCUT2D eigenvalue weighted by atomic mass is 16.5. The summed E-state index contributed by atoms with van der Waals surface area (Å²) in [6, 6.07) is 7.43. The summed E-state index contributed by atoms with van der Waals surface area (Å²) in [6.45, 7) is 8.68. The maximum Gasteiger partial charge on any atom is 0.239 e. The number of carbonyl (C=O) groups is 1. The molecular weight excluding hydrogens is 290 g/mol. The number of benzene rings is 1. The second-order valence-corrected chi connectivity index (χ2v) is 6.54. The van der Waals surface area contributed by atoms with Crippen LogP contribution in [0.2, 0.25) is 0 Å². The second kappa shape index (κ2) is 8.31. The Balaban J connectivity index is 2.03. The van der Waals surface area contributed by atoms with E-state index in [2.05, 4.69) is 30.7 Å². The summed E-state index contributed by atoms with van der Waals surface area (Å²) in [4.78, 5) is 16.4. The predicted octanol–water partition coefficient (Wildman–Crippen LogP) is 1.89. The van der Waals surface area contributed by atoms with Gasteiger partial charge in [-0.1, -0.05) is 32.4 Å². The molecule has 1 aliphatic heterocycles. The van der Waals surface area contributed by atoms with Gasteiger partial charge < -0.3 is 15.4 Å². The summed E-state index contributed by atoms with van der Waals surface area (Å²) in [5.41, 5.74) is 6.61. The van der Waals surface area contributed by atoms with Crippen LogP contribution in [-0.4, -0.2) is 55.5 Å². The molecule has 5 nitrogen and oxygen atoms in total. The Kier molecular flexibility index (Phi) is 6.42. The van der Waals surface area contributed by atoms with Gasteiger partial charge in [-0.15, -0.1) is 0 Å².